The van der Waals surface area contributed by atoms with E-state index >= 15 is 0 Å². The van der Waals surface area contributed by atoms with E-state index in [1.54, 1.807) is 0 Å². The molecule has 0 aromatic heterocycles. The molecule has 0 saturated carbocycles. The van der Waals surface area contributed by atoms with Crippen LogP contribution in [0.1, 0.15) is 47.2 Å². The van der Waals surface area contributed by atoms with E-state index < -0.39 is 5.41 Å². The molecule has 18 aromatic rings. The monoisotopic (exact) mass is 1380 g/mol. The Hall–Kier alpha value is -13.7. The molecule has 0 heterocycles. The second-order valence-corrected chi connectivity index (χ2v) is 29.1. The molecule has 510 valence electrons. The molecule has 20 rings (SSSR count). The molecule has 2 heteroatoms. The number of hydrogen-bond donors (Lipinski definition) is 0. The zero-order valence-electron chi connectivity index (χ0n) is 60.3. The van der Waals surface area contributed by atoms with Gasteiger partial charge in [0.15, 0.2) is 0 Å². The van der Waals surface area contributed by atoms with E-state index in [1.807, 2.05) is 0 Å². The molecule has 0 saturated heterocycles. The first kappa shape index (κ1) is 65.1. The third-order valence-electron chi connectivity index (χ3n) is 22.6. The van der Waals surface area contributed by atoms with Crippen LogP contribution in [0.25, 0.3) is 110 Å². The summed E-state index contributed by atoms with van der Waals surface area (Å²) in [7, 11) is 0. The maximum atomic E-state index is 2.43. The fourth-order valence-electron chi connectivity index (χ4n) is 17.2. The first-order valence-corrected chi connectivity index (χ1v) is 37.5. The van der Waals surface area contributed by atoms with Gasteiger partial charge in [-0.25, -0.2) is 0 Å². The molecule has 0 amide bonds. The molecule has 0 fully saturated rings. The van der Waals surface area contributed by atoms with Crippen molar-refractivity contribution in [3.63, 3.8) is 0 Å². The number of para-hydroxylation sites is 1. The van der Waals surface area contributed by atoms with Crippen LogP contribution in [-0.4, -0.2) is 0 Å². The first-order chi connectivity index (χ1) is 53.3. The highest BCUT2D eigenvalue weighted by molar-refractivity contribution is 5.99. The molecular formula is C106H76N2. The maximum Gasteiger partial charge on any atom is 0.0714 e. The first-order valence-electron chi connectivity index (χ1n) is 37.5. The van der Waals surface area contributed by atoms with Gasteiger partial charge in [0.2, 0.25) is 0 Å². The maximum absolute atomic E-state index is 2.43. The summed E-state index contributed by atoms with van der Waals surface area (Å²) in [5.41, 5.74) is 31.5. The highest BCUT2D eigenvalue weighted by atomic mass is 15.1. The Morgan fingerprint density at radius 2 is 0.491 bits per heavy atom. The summed E-state index contributed by atoms with van der Waals surface area (Å²) in [5, 5.41) is 7.49. The van der Waals surface area contributed by atoms with E-state index in [9.17, 15) is 0 Å². The van der Waals surface area contributed by atoms with Crippen LogP contribution in [-0.2, 0) is 10.8 Å². The molecule has 0 aliphatic heterocycles. The van der Waals surface area contributed by atoms with Gasteiger partial charge in [0, 0.05) is 39.5 Å². The fraction of sp³-hybridized carbons (Fsp3) is 0.0377. The van der Waals surface area contributed by atoms with Crippen molar-refractivity contribution in [3.05, 3.63) is 458 Å². The molecule has 2 aliphatic rings. The smallest absolute Gasteiger partial charge is 0.0714 e. The number of anilines is 6. The van der Waals surface area contributed by atoms with E-state index in [2.05, 4.69) is 448 Å². The largest absolute Gasteiger partial charge is 0.310 e. The lowest BCUT2D eigenvalue weighted by atomic mass is 9.67. The van der Waals surface area contributed by atoms with Crippen molar-refractivity contribution < 1.29 is 0 Å². The standard InChI is InChI=1S/C53H37N.C53H39N/c1-5-15-38(16-6-1)40-25-27-43-36-41(26-28-42(43)35-40)39-29-31-47(32-30-39)54(46-21-11-4-12-22-46)48-33-34-50-49-23-13-14-24-51(49)53(52(50)37-48,44-17-7-2-8-18-44)45-19-9-3-10-20-45;1-53(2)51-18-9-8-16-49(51)50-32-31-46(35-52(50)53)54(45-29-25-39(26-30-45)48-17-10-14-38-13-6-7-15-47(38)48)44-27-23-37(24-28-44)41-20-22-42-33-40(19-21-43(42)34-41)36-11-4-3-5-12-36/h1-37H;3-35H,1-2H3. The van der Waals surface area contributed by atoms with E-state index in [-0.39, 0.29) is 5.41 Å². The second-order valence-electron chi connectivity index (χ2n) is 29.1. The molecule has 0 radical (unpaired) electrons. The predicted molar refractivity (Wildman–Crippen MR) is 457 cm³/mol. The SMILES string of the molecule is CC1(C)c2ccccc2-c2ccc(N(c3ccc(-c4ccc5cc(-c6ccccc6)ccc5c4)cc3)c3ccc(-c4cccc5ccccc45)cc3)cc21.c1ccc(-c2ccc3cc(-c4ccc(N(c5ccccc5)c5ccc6c(c5)C(c5ccccc5)(c5ccccc5)c5ccccc5-6)cc4)ccc3c2)cc1. The van der Waals surface area contributed by atoms with Gasteiger partial charge >= 0.3 is 0 Å². The Labute approximate surface area is 632 Å². The van der Waals surface area contributed by atoms with E-state index in [1.165, 1.54) is 144 Å². The second kappa shape index (κ2) is 27.4. The molecule has 0 bridgehead atoms. The number of nitrogens with zero attached hydrogens (tertiary/aromatic N) is 2. The summed E-state index contributed by atoms with van der Waals surface area (Å²) >= 11 is 0. The topological polar surface area (TPSA) is 6.48 Å². The summed E-state index contributed by atoms with van der Waals surface area (Å²) in [6.45, 7) is 4.71. The van der Waals surface area contributed by atoms with Gasteiger partial charge in [-0.05, 0) is 241 Å². The van der Waals surface area contributed by atoms with Crippen LogP contribution >= 0.6 is 0 Å². The average molecular weight is 1380 g/mol. The Morgan fingerprint density at radius 1 is 0.176 bits per heavy atom. The number of hydrogen-bond acceptors (Lipinski definition) is 2. The minimum atomic E-state index is -0.464. The predicted octanol–water partition coefficient (Wildman–Crippen LogP) is 28.8. The highest BCUT2D eigenvalue weighted by Gasteiger charge is 2.46. The van der Waals surface area contributed by atoms with Crippen molar-refractivity contribution >= 4 is 66.4 Å². The van der Waals surface area contributed by atoms with Gasteiger partial charge < -0.3 is 9.80 Å². The lowest BCUT2D eigenvalue weighted by molar-refractivity contribution is 0.660. The zero-order chi connectivity index (χ0) is 72.1. The van der Waals surface area contributed by atoms with Crippen LogP contribution in [0.15, 0.2) is 425 Å². The van der Waals surface area contributed by atoms with Crippen molar-refractivity contribution in [2.45, 2.75) is 24.7 Å². The van der Waals surface area contributed by atoms with E-state index in [0.29, 0.717) is 0 Å². The van der Waals surface area contributed by atoms with Crippen molar-refractivity contribution in [2.75, 3.05) is 9.80 Å². The molecule has 2 aliphatic carbocycles. The van der Waals surface area contributed by atoms with Crippen molar-refractivity contribution in [3.8, 4) is 77.9 Å². The normalized spacial score (nSPS) is 12.7. The Morgan fingerprint density at radius 3 is 0.972 bits per heavy atom. The molecule has 0 spiro atoms. The Bertz CT molecular complexity index is 6300. The highest BCUT2D eigenvalue weighted by Crippen LogP contribution is 2.58. The quantitative estimate of drug-likeness (QED) is 0.114. The number of rotatable bonds is 13. The van der Waals surface area contributed by atoms with E-state index in [0.717, 1.165) is 34.1 Å². The van der Waals surface area contributed by atoms with Crippen LogP contribution in [0.4, 0.5) is 34.1 Å². The van der Waals surface area contributed by atoms with Crippen molar-refractivity contribution in [2.24, 2.45) is 0 Å². The van der Waals surface area contributed by atoms with Crippen molar-refractivity contribution in [1.82, 2.24) is 0 Å². The molecule has 2 nitrogen and oxygen atoms in total. The molecule has 0 unspecified atom stereocenters. The number of fused-ring (bicyclic) bond motifs is 9. The zero-order valence-corrected chi connectivity index (χ0v) is 60.3. The van der Waals surface area contributed by atoms with Gasteiger partial charge in [0.25, 0.3) is 0 Å². The van der Waals surface area contributed by atoms with Gasteiger partial charge in [-0.3, -0.25) is 0 Å². The molecule has 108 heavy (non-hydrogen) atoms. The summed E-state index contributed by atoms with van der Waals surface area (Å²) in [6, 6.07) is 155. The molecule has 0 N–H and O–H groups in total. The van der Waals surface area contributed by atoms with Gasteiger partial charge in [-0.15, -0.1) is 0 Å². The van der Waals surface area contributed by atoms with Crippen molar-refractivity contribution in [1.29, 1.82) is 0 Å². The van der Waals surface area contributed by atoms with Gasteiger partial charge in [-0.2, -0.15) is 0 Å². The van der Waals surface area contributed by atoms with Gasteiger partial charge in [0.1, 0.15) is 0 Å². The van der Waals surface area contributed by atoms with Crippen LogP contribution in [0.3, 0.4) is 0 Å². The molecular weight excluding hydrogens is 1300 g/mol. The lowest BCUT2D eigenvalue weighted by Gasteiger charge is -2.35. The Kier molecular flexibility index (Phi) is 16.5. The third-order valence-corrected chi connectivity index (χ3v) is 22.6. The van der Waals surface area contributed by atoms with Crippen LogP contribution in [0, 0.1) is 0 Å². The summed E-state index contributed by atoms with van der Waals surface area (Å²) < 4.78 is 0. The fourth-order valence-corrected chi connectivity index (χ4v) is 17.2. The molecule has 18 aromatic carbocycles. The van der Waals surface area contributed by atoms with Crippen LogP contribution in [0.5, 0.6) is 0 Å². The Balaban J connectivity index is 0.000000147. The summed E-state index contributed by atoms with van der Waals surface area (Å²) in [6.07, 6.45) is 0. The summed E-state index contributed by atoms with van der Waals surface area (Å²) in [4.78, 5) is 4.79. The lowest BCUT2D eigenvalue weighted by Crippen LogP contribution is -2.28. The summed E-state index contributed by atoms with van der Waals surface area (Å²) in [5.74, 6) is 0. The van der Waals surface area contributed by atoms with Gasteiger partial charge in [-0.1, -0.05) is 341 Å². The minimum Gasteiger partial charge on any atom is -0.310 e. The van der Waals surface area contributed by atoms with Crippen LogP contribution in [0.2, 0.25) is 0 Å². The van der Waals surface area contributed by atoms with Gasteiger partial charge in [0.05, 0.1) is 5.41 Å². The molecule has 0 atom stereocenters. The number of benzene rings is 18. The average Bonchev–Trinajstić information content (AvgIpc) is 1.53. The van der Waals surface area contributed by atoms with Crippen LogP contribution < -0.4 is 9.80 Å². The van der Waals surface area contributed by atoms with E-state index in [4.69, 9.17) is 0 Å². The third kappa shape index (κ3) is 11.6. The minimum absolute atomic E-state index is 0.0897.